The molecule has 2 aromatic rings. The second-order valence-corrected chi connectivity index (χ2v) is 6.41. The molecule has 1 N–H and O–H groups in total. The van der Waals surface area contributed by atoms with Gasteiger partial charge < -0.3 is 10.1 Å². The molecule has 1 saturated carbocycles. The predicted molar refractivity (Wildman–Crippen MR) is 91.1 cm³/mol. The second kappa shape index (κ2) is 6.52. The highest BCUT2D eigenvalue weighted by molar-refractivity contribution is 9.10. The van der Waals surface area contributed by atoms with E-state index in [0.29, 0.717) is 18.6 Å². The highest BCUT2D eigenvalue weighted by Gasteiger charge is 2.30. The lowest BCUT2D eigenvalue weighted by atomic mass is 9.76. The van der Waals surface area contributed by atoms with E-state index in [9.17, 15) is 0 Å². The number of hydrogen-bond donors (Lipinski definition) is 1. The lowest BCUT2D eigenvalue weighted by molar-refractivity contribution is 0.337. The molecule has 3 heteroatoms. The van der Waals surface area contributed by atoms with Crippen LogP contribution in [0.1, 0.15) is 31.2 Å². The van der Waals surface area contributed by atoms with E-state index >= 15 is 0 Å². The third-order valence-electron chi connectivity index (χ3n) is 4.03. The predicted octanol–water partition coefficient (Wildman–Crippen LogP) is 5.21. The summed E-state index contributed by atoms with van der Waals surface area (Å²) in [5.41, 5.74) is 2.55. The van der Waals surface area contributed by atoms with Crippen LogP contribution < -0.4 is 10.1 Å². The Hall–Kier alpha value is -1.48. The van der Waals surface area contributed by atoms with Crippen molar-refractivity contribution in [3.63, 3.8) is 0 Å². The number of rotatable bonds is 5. The van der Waals surface area contributed by atoms with E-state index < -0.39 is 0 Å². The number of halogens is 1. The molecule has 0 amide bonds. The van der Waals surface area contributed by atoms with Gasteiger partial charge in [0.25, 0.3) is 0 Å². The smallest absolute Gasteiger partial charge is 0.142 e. The maximum atomic E-state index is 5.66. The first-order valence-electron chi connectivity index (χ1n) is 7.50. The lowest BCUT2D eigenvalue weighted by Crippen LogP contribution is -2.34. The number of anilines is 1. The minimum Gasteiger partial charge on any atom is -0.492 e. The van der Waals surface area contributed by atoms with Gasteiger partial charge in [0, 0.05) is 10.5 Å². The summed E-state index contributed by atoms with van der Waals surface area (Å²) in [5, 5.41) is 3.61. The number of hydrogen-bond acceptors (Lipinski definition) is 2. The van der Waals surface area contributed by atoms with Crippen molar-refractivity contribution in [2.75, 3.05) is 11.9 Å². The van der Waals surface area contributed by atoms with Crippen molar-refractivity contribution < 1.29 is 4.74 Å². The molecule has 0 unspecified atom stereocenters. The minimum absolute atomic E-state index is 0.542. The molecule has 1 fully saturated rings. The van der Waals surface area contributed by atoms with Crippen LogP contribution in [-0.4, -0.2) is 12.6 Å². The van der Waals surface area contributed by atoms with Crippen LogP contribution in [0.2, 0.25) is 0 Å². The van der Waals surface area contributed by atoms with Crippen molar-refractivity contribution in [1.29, 1.82) is 0 Å². The fraction of sp³-hybridized carbons (Fsp3) is 0.333. The van der Waals surface area contributed by atoms with Gasteiger partial charge in [0.15, 0.2) is 0 Å². The fourth-order valence-electron chi connectivity index (χ4n) is 2.83. The van der Waals surface area contributed by atoms with Gasteiger partial charge in [-0.3, -0.25) is 0 Å². The summed E-state index contributed by atoms with van der Waals surface area (Å²) < 4.78 is 6.81. The summed E-state index contributed by atoms with van der Waals surface area (Å²) in [5.74, 6) is 1.63. The molecule has 2 nitrogen and oxygen atoms in total. The summed E-state index contributed by atoms with van der Waals surface area (Å²) in [6.07, 6.45) is 2.37. The largest absolute Gasteiger partial charge is 0.492 e. The highest BCUT2D eigenvalue weighted by Crippen LogP contribution is 2.40. The first kappa shape index (κ1) is 14.5. The van der Waals surface area contributed by atoms with Gasteiger partial charge in [-0.25, -0.2) is 0 Å². The molecule has 0 bridgehead atoms. The van der Waals surface area contributed by atoms with Gasteiger partial charge in [-0.2, -0.15) is 0 Å². The zero-order chi connectivity index (χ0) is 14.7. The van der Waals surface area contributed by atoms with Gasteiger partial charge in [0.2, 0.25) is 0 Å². The number of para-hydroxylation sites is 2. The van der Waals surface area contributed by atoms with Crippen LogP contribution in [0.25, 0.3) is 0 Å². The lowest BCUT2D eigenvalue weighted by Gasteiger charge is -2.37. The summed E-state index contributed by atoms with van der Waals surface area (Å²) in [6.45, 7) is 2.72. The molecule has 1 aliphatic rings. The first-order chi connectivity index (χ1) is 10.3. The summed E-state index contributed by atoms with van der Waals surface area (Å²) in [4.78, 5) is 0. The van der Waals surface area contributed by atoms with Gasteiger partial charge in [-0.1, -0.05) is 40.2 Å². The zero-order valence-corrected chi connectivity index (χ0v) is 13.8. The standard InChI is InChI=1S/C18H20BrNO/c1-2-21-18-6-4-3-5-17(18)20-16-11-14(12-16)13-7-9-15(19)10-8-13/h3-10,14,16,20H,2,11-12H2,1H3. The molecule has 2 aromatic carbocycles. The summed E-state index contributed by atoms with van der Waals surface area (Å²) in [6, 6.07) is 17.4. The van der Waals surface area contributed by atoms with Crippen molar-refractivity contribution in [1.82, 2.24) is 0 Å². The Bertz CT molecular complexity index is 590. The second-order valence-electron chi connectivity index (χ2n) is 5.49. The van der Waals surface area contributed by atoms with Gasteiger partial charge >= 0.3 is 0 Å². The van der Waals surface area contributed by atoms with E-state index in [-0.39, 0.29) is 0 Å². The molecule has 0 saturated heterocycles. The first-order valence-corrected chi connectivity index (χ1v) is 8.29. The van der Waals surface area contributed by atoms with Gasteiger partial charge in [-0.05, 0) is 55.5 Å². The van der Waals surface area contributed by atoms with Crippen molar-refractivity contribution in [3.05, 3.63) is 58.6 Å². The van der Waals surface area contributed by atoms with E-state index in [2.05, 4.69) is 57.6 Å². The normalized spacial score (nSPS) is 20.7. The average Bonchev–Trinajstić information content (AvgIpc) is 2.46. The molecule has 0 aromatic heterocycles. The third-order valence-corrected chi connectivity index (χ3v) is 4.55. The Balaban J connectivity index is 1.58. The summed E-state index contributed by atoms with van der Waals surface area (Å²) in [7, 11) is 0. The van der Waals surface area contributed by atoms with Gasteiger partial charge in [0.1, 0.15) is 5.75 Å². The Morgan fingerprint density at radius 1 is 1.10 bits per heavy atom. The summed E-state index contributed by atoms with van der Waals surface area (Å²) >= 11 is 3.49. The van der Waals surface area contributed by atoms with E-state index in [1.807, 2.05) is 19.1 Å². The fourth-order valence-corrected chi connectivity index (χ4v) is 3.09. The van der Waals surface area contributed by atoms with Crippen LogP contribution in [0.5, 0.6) is 5.75 Å². The van der Waals surface area contributed by atoms with Gasteiger partial charge in [-0.15, -0.1) is 0 Å². The average molecular weight is 346 g/mol. The highest BCUT2D eigenvalue weighted by atomic mass is 79.9. The molecule has 21 heavy (non-hydrogen) atoms. The number of benzene rings is 2. The van der Waals surface area contributed by atoms with Crippen LogP contribution in [-0.2, 0) is 0 Å². The molecular formula is C18H20BrNO. The molecule has 3 rings (SSSR count). The van der Waals surface area contributed by atoms with Crippen LogP contribution in [0.3, 0.4) is 0 Å². The van der Waals surface area contributed by atoms with E-state index in [1.54, 1.807) is 0 Å². The SMILES string of the molecule is CCOc1ccccc1NC1CC(c2ccc(Br)cc2)C1. The molecule has 1 aliphatic carbocycles. The van der Waals surface area contributed by atoms with Crippen molar-refractivity contribution >= 4 is 21.6 Å². The minimum atomic E-state index is 0.542. The maximum Gasteiger partial charge on any atom is 0.142 e. The number of ether oxygens (including phenoxy) is 1. The molecule has 0 atom stereocenters. The Labute approximate surface area is 134 Å². The molecule has 110 valence electrons. The molecule has 0 radical (unpaired) electrons. The Morgan fingerprint density at radius 2 is 1.81 bits per heavy atom. The Kier molecular flexibility index (Phi) is 4.49. The Morgan fingerprint density at radius 3 is 2.52 bits per heavy atom. The van der Waals surface area contributed by atoms with Gasteiger partial charge in [0.05, 0.1) is 12.3 Å². The van der Waals surface area contributed by atoms with Crippen LogP contribution in [0.4, 0.5) is 5.69 Å². The third kappa shape index (κ3) is 3.41. The van der Waals surface area contributed by atoms with E-state index in [0.717, 1.165) is 15.9 Å². The number of nitrogens with one attached hydrogen (secondary N) is 1. The quantitative estimate of drug-likeness (QED) is 0.803. The van der Waals surface area contributed by atoms with Crippen molar-refractivity contribution in [2.24, 2.45) is 0 Å². The van der Waals surface area contributed by atoms with Crippen LogP contribution in [0.15, 0.2) is 53.0 Å². The molecule has 0 spiro atoms. The zero-order valence-electron chi connectivity index (χ0n) is 12.2. The van der Waals surface area contributed by atoms with Crippen molar-refractivity contribution in [2.45, 2.75) is 31.7 Å². The molecule has 0 heterocycles. The van der Waals surface area contributed by atoms with E-state index in [1.165, 1.54) is 18.4 Å². The van der Waals surface area contributed by atoms with Crippen molar-refractivity contribution in [3.8, 4) is 5.75 Å². The van der Waals surface area contributed by atoms with E-state index in [4.69, 9.17) is 4.74 Å². The topological polar surface area (TPSA) is 21.3 Å². The maximum absolute atomic E-state index is 5.66. The van der Waals surface area contributed by atoms with Crippen LogP contribution >= 0.6 is 15.9 Å². The molecular weight excluding hydrogens is 326 g/mol. The van der Waals surface area contributed by atoms with Crippen LogP contribution in [0, 0.1) is 0 Å². The molecule has 0 aliphatic heterocycles. The monoisotopic (exact) mass is 345 g/mol.